The topological polar surface area (TPSA) is 70.2 Å². The summed E-state index contributed by atoms with van der Waals surface area (Å²) in [7, 11) is 0. The first-order valence-corrected chi connectivity index (χ1v) is 7.41. The second-order valence-electron chi connectivity index (χ2n) is 5.34. The molecule has 0 aliphatic heterocycles. The number of pyridine rings is 1. The van der Waals surface area contributed by atoms with Crippen molar-refractivity contribution >= 4 is 17.2 Å². The van der Waals surface area contributed by atoms with Crippen molar-refractivity contribution < 1.29 is 4.79 Å². The van der Waals surface area contributed by atoms with E-state index in [1.807, 2.05) is 36.6 Å². The zero-order valence-electron chi connectivity index (χ0n) is 13.0. The van der Waals surface area contributed by atoms with E-state index in [9.17, 15) is 4.79 Å². The van der Waals surface area contributed by atoms with Gasteiger partial charge in [0, 0.05) is 11.9 Å². The lowest BCUT2D eigenvalue weighted by Crippen LogP contribution is -2.16. The average Bonchev–Trinajstić information content (AvgIpc) is 2.92. The molecule has 114 valence electrons. The predicted molar refractivity (Wildman–Crippen MR) is 88.4 cm³/mol. The molecule has 0 aliphatic rings. The number of nitrogens with zero attached hydrogens (tertiary/aromatic N) is 3. The van der Waals surface area contributed by atoms with Gasteiger partial charge in [-0.05, 0) is 43.2 Å². The van der Waals surface area contributed by atoms with Crippen LogP contribution in [0.15, 0.2) is 42.6 Å². The highest BCUT2D eigenvalue weighted by Crippen LogP contribution is 2.17. The number of benzene rings is 1. The van der Waals surface area contributed by atoms with Crippen LogP contribution in [0.25, 0.3) is 5.65 Å². The van der Waals surface area contributed by atoms with Crippen LogP contribution in [0.1, 0.15) is 34.2 Å². The minimum atomic E-state index is -0.227. The molecule has 0 aliphatic carbocycles. The van der Waals surface area contributed by atoms with Gasteiger partial charge >= 0.3 is 0 Å². The number of aromatic nitrogens is 2. The molecule has 0 spiro atoms. The zero-order chi connectivity index (χ0) is 16.4. The second kappa shape index (κ2) is 5.93. The van der Waals surface area contributed by atoms with Gasteiger partial charge in [0.25, 0.3) is 5.91 Å². The summed E-state index contributed by atoms with van der Waals surface area (Å²) in [6.07, 6.45) is 2.57. The van der Waals surface area contributed by atoms with Gasteiger partial charge in [0.1, 0.15) is 11.3 Å². The van der Waals surface area contributed by atoms with Gasteiger partial charge in [-0.2, -0.15) is 5.26 Å². The highest BCUT2D eigenvalue weighted by atomic mass is 16.2. The Bertz CT molecular complexity index is 934. The van der Waals surface area contributed by atoms with Crippen LogP contribution in [0.5, 0.6) is 0 Å². The van der Waals surface area contributed by atoms with Crippen molar-refractivity contribution in [2.75, 3.05) is 5.32 Å². The summed E-state index contributed by atoms with van der Waals surface area (Å²) in [6, 6.07) is 12.8. The summed E-state index contributed by atoms with van der Waals surface area (Å²) < 4.78 is 1.82. The van der Waals surface area contributed by atoms with Crippen LogP contribution >= 0.6 is 0 Å². The summed E-state index contributed by atoms with van der Waals surface area (Å²) in [6.45, 7) is 3.95. The Morgan fingerprint density at radius 3 is 2.91 bits per heavy atom. The molecule has 2 aromatic heterocycles. The van der Waals surface area contributed by atoms with Crippen LogP contribution in [-0.2, 0) is 6.42 Å². The van der Waals surface area contributed by atoms with Crippen molar-refractivity contribution in [3.05, 3.63) is 65.1 Å². The number of hydrogen-bond acceptors (Lipinski definition) is 3. The van der Waals surface area contributed by atoms with Gasteiger partial charge < -0.3 is 5.32 Å². The van der Waals surface area contributed by atoms with Gasteiger partial charge in [-0.15, -0.1) is 0 Å². The van der Waals surface area contributed by atoms with E-state index >= 15 is 0 Å². The monoisotopic (exact) mass is 304 g/mol. The molecule has 1 N–H and O–H groups in total. The first-order chi connectivity index (χ1) is 11.1. The maximum Gasteiger partial charge on any atom is 0.274 e. The molecule has 0 saturated heterocycles. The third-order valence-corrected chi connectivity index (χ3v) is 3.64. The van der Waals surface area contributed by atoms with Gasteiger partial charge in [-0.3, -0.25) is 9.20 Å². The number of carbonyl (C=O) groups excluding carboxylic acids is 1. The SMILES string of the molecule is CCc1nc2ccc(C)cn2c1C(=O)Nc1cccc(C#N)c1. The van der Waals surface area contributed by atoms with Gasteiger partial charge in [0.2, 0.25) is 0 Å². The van der Waals surface area contributed by atoms with E-state index in [0.29, 0.717) is 23.4 Å². The molecule has 1 amide bonds. The van der Waals surface area contributed by atoms with Gasteiger partial charge in [0.05, 0.1) is 17.3 Å². The van der Waals surface area contributed by atoms with Gasteiger partial charge in [-0.25, -0.2) is 4.98 Å². The third-order valence-electron chi connectivity index (χ3n) is 3.64. The Hall–Kier alpha value is -3.13. The number of fused-ring (bicyclic) bond motifs is 1. The minimum absolute atomic E-state index is 0.227. The van der Waals surface area contributed by atoms with Crippen molar-refractivity contribution in [2.24, 2.45) is 0 Å². The minimum Gasteiger partial charge on any atom is -0.321 e. The first kappa shape index (κ1) is 14.8. The summed E-state index contributed by atoms with van der Waals surface area (Å²) in [5, 5.41) is 11.8. The van der Waals surface area contributed by atoms with E-state index in [1.165, 1.54) is 0 Å². The van der Waals surface area contributed by atoms with Gasteiger partial charge in [0.15, 0.2) is 0 Å². The van der Waals surface area contributed by atoms with Crippen molar-refractivity contribution in [1.82, 2.24) is 9.38 Å². The summed E-state index contributed by atoms with van der Waals surface area (Å²) in [5.41, 5.74) is 4.20. The normalized spacial score (nSPS) is 10.5. The molecule has 3 aromatic rings. The molecular weight excluding hydrogens is 288 g/mol. The van der Waals surface area contributed by atoms with E-state index < -0.39 is 0 Å². The second-order valence-corrected chi connectivity index (χ2v) is 5.34. The number of rotatable bonds is 3. The maximum absolute atomic E-state index is 12.7. The molecule has 0 radical (unpaired) electrons. The van der Waals surface area contributed by atoms with Crippen molar-refractivity contribution in [2.45, 2.75) is 20.3 Å². The predicted octanol–water partition coefficient (Wildman–Crippen LogP) is 3.33. The number of carbonyl (C=O) groups is 1. The molecule has 3 rings (SSSR count). The first-order valence-electron chi connectivity index (χ1n) is 7.41. The largest absolute Gasteiger partial charge is 0.321 e. The Labute approximate surface area is 134 Å². The molecule has 0 fully saturated rings. The molecule has 0 unspecified atom stereocenters. The fourth-order valence-electron chi connectivity index (χ4n) is 2.54. The lowest BCUT2D eigenvalue weighted by atomic mass is 10.2. The maximum atomic E-state index is 12.7. The summed E-state index contributed by atoms with van der Waals surface area (Å²) >= 11 is 0. The number of anilines is 1. The van der Waals surface area contributed by atoms with E-state index in [4.69, 9.17) is 5.26 Å². The van der Waals surface area contributed by atoms with Crippen LogP contribution in [0.2, 0.25) is 0 Å². The van der Waals surface area contributed by atoms with Crippen LogP contribution in [-0.4, -0.2) is 15.3 Å². The van der Waals surface area contributed by atoms with Crippen LogP contribution < -0.4 is 5.32 Å². The quantitative estimate of drug-likeness (QED) is 0.807. The molecule has 2 heterocycles. The number of amides is 1. The van der Waals surface area contributed by atoms with Crippen LogP contribution in [0.3, 0.4) is 0 Å². The van der Waals surface area contributed by atoms with Crippen molar-refractivity contribution in [1.29, 1.82) is 5.26 Å². The summed E-state index contributed by atoms with van der Waals surface area (Å²) in [5.74, 6) is -0.227. The Balaban J connectivity index is 2.03. The van der Waals surface area contributed by atoms with E-state index in [1.54, 1.807) is 24.3 Å². The molecular formula is C18H16N4O. The molecule has 5 nitrogen and oxygen atoms in total. The van der Waals surface area contributed by atoms with Crippen LogP contribution in [0.4, 0.5) is 5.69 Å². The smallest absolute Gasteiger partial charge is 0.274 e. The number of nitriles is 1. The van der Waals surface area contributed by atoms with Crippen molar-refractivity contribution in [3.8, 4) is 6.07 Å². The lowest BCUT2D eigenvalue weighted by Gasteiger charge is -2.07. The third kappa shape index (κ3) is 2.79. The molecule has 23 heavy (non-hydrogen) atoms. The van der Waals surface area contributed by atoms with E-state index in [0.717, 1.165) is 16.9 Å². The molecule has 0 saturated carbocycles. The van der Waals surface area contributed by atoms with Crippen LogP contribution in [0, 0.1) is 18.3 Å². The zero-order valence-corrected chi connectivity index (χ0v) is 13.0. The highest BCUT2D eigenvalue weighted by Gasteiger charge is 2.18. The highest BCUT2D eigenvalue weighted by molar-refractivity contribution is 6.04. The van der Waals surface area contributed by atoms with E-state index in [-0.39, 0.29) is 5.91 Å². The fraction of sp³-hybridized carbons (Fsp3) is 0.167. The standard InChI is InChI=1S/C18H16N4O/c1-3-15-17(22-11-12(2)7-8-16(22)21-15)18(23)20-14-6-4-5-13(9-14)10-19/h4-9,11H,3H2,1-2H3,(H,20,23). The Morgan fingerprint density at radius 2 is 2.17 bits per heavy atom. The fourth-order valence-corrected chi connectivity index (χ4v) is 2.54. The molecule has 1 aromatic carbocycles. The summed E-state index contributed by atoms with van der Waals surface area (Å²) in [4.78, 5) is 17.2. The van der Waals surface area contributed by atoms with Crippen molar-refractivity contribution in [3.63, 3.8) is 0 Å². The molecule has 5 heteroatoms. The van der Waals surface area contributed by atoms with Gasteiger partial charge in [-0.1, -0.05) is 19.1 Å². The average molecular weight is 304 g/mol. The number of nitrogens with one attached hydrogen (secondary N) is 1. The molecule has 0 atom stereocenters. The number of imidazole rings is 1. The number of aryl methyl sites for hydroxylation is 2. The lowest BCUT2D eigenvalue weighted by molar-refractivity contribution is 0.102. The Kier molecular flexibility index (Phi) is 3.82. The Morgan fingerprint density at radius 1 is 1.35 bits per heavy atom. The van der Waals surface area contributed by atoms with E-state index in [2.05, 4.69) is 16.4 Å². The molecule has 0 bridgehead atoms. The number of hydrogen-bond donors (Lipinski definition) is 1.